The minimum Gasteiger partial charge on any atom is -0.309 e. The minimum absolute atomic E-state index is 0.626. The highest BCUT2D eigenvalue weighted by atomic mass is 35.5. The number of halogens is 1. The molecule has 0 bridgehead atoms. The van der Waals surface area contributed by atoms with Gasteiger partial charge in [0.1, 0.15) is 5.15 Å². The summed E-state index contributed by atoms with van der Waals surface area (Å²) in [5, 5.41) is 9.48. The molecule has 2 atom stereocenters. The summed E-state index contributed by atoms with van der Waals surface area (Å²) in [4.78, 5) is 0. The summed E-state index contributed by atoms with van der Waals surface area (Å²) in [6, 6.07) is 0.626. The molecule has 17 heavy (non-hydrogen) atoms. The van der Waals surface area contributed by atoms with Crippen molar-refractivity contribution in [1.82, 2.24) is 15.1 Å². The average Bonchev–Trinajstić information content (AvgIpc) is 2.84. The van der Waals surface area contributed by atoms with Gasteiger partial charge in [-0.15, -0.1) is 0 Å². The lowest BCUT2D eigenvalue weighted by molar-refractivity contribution is 0.531. The first kappa shape index (κ1) is 13.2. The molecule has 1 aromatic rings. The van der Waals surface area contributed by atoms with Crippen molar-refractivity contribution in [1.29, 1.82) is 0 Å². The van der Waals surface area contributed by atoms with Crippen LogP contribution in [0.4, 0.5) is 0 Å². The Hall–Kier alpha value is -0.190. The van der Waals surface area contributed by atoms with Gasteiger partial charge in [0, 0.05) is 30.4 Å². The third-order valence-corrected chi connectivity index (χ3v) is 5.21. The van der Waals surface area contributed by atoms with Gasteiger partial charge in [0.15, 0.2) is 0 Å². The van der Waals surface area contributed by atoms with E-state index in [1.807, 2.05) is 25.7 Å². The van der Waals surface area contributed by atoms with Crippen molar-refractivity contribution >= 4 is 23.4 Å². The molecular weight excluding hydrogens is 254 g/mol. The Labute approximate surface area is 112 Å². The molecule has 1 aliphatic rings. The average molecular weight is 274 g/mol. The van der Waals surface area contributed by atoms with E-state index in [1.165, 1.54) is 19.3 Å². The van der Waals surface area contributed by atoms with Crippen LogP contribution < -0.4 is 5.32 Å². The number of nitrogens with zero attached hydrogens (tertiary/aromatic N) is 2. The van der Waals surface area contributed by atoms with E-state index in [9.17, 15) is 0 Å². The second-order valence-corrected chi connectivity index (χ2v) is 6.11. The van der Waals surface area contributed by atoms with Crippen LogP contribution in [0.5, 0.6) is 0 Å². The van der Waals surface area contributed by atoms with Crippen LogP contribution in [-0.4, -0.2) is 27.3 Å². The Morgan fingerprint density at radius 1 is 1.53 bits per heavy atom. The van der Waals surface area contributed by atoms with Crippen molar-refractivity contribution in [2.75, 3.05) is 6.26 Å². The Morgan fingerprint density at radius 2 is 2.29 bits per heavy atom. The number of hydrogen-bond acceptors (Lipinski definition) is 3. The molecule has 0 aliphatic heterocycles. The highest BCUT2D eigenvalue weighted by Crippen LogP contribution is 2.29. The van der Waals surface area contributed by atoms with Crippen LogP contribution in [0.2, 0.25) is 5.15 Å². The van der Waals surface area contributed by atoms with Crippen LogP contribution in [-0.2, 0) is 13.6 Å². The summed E-state index contributed by atoms with van der Waals surface area (Å²) in [5.74, 6) is 0. The largest absolute Gasteiger partial charge is 0.309 e. The third kappa shape index (κ3) is 2.80. The predicted octanol–water partition coefficient (Wildman–Crippen LogP) is 2.76. The molecule has 1 saturated carbocycles. The number of hydrogen-bond donors (Lipinski definition) is 1. The van der Waals surface area contributed by atoms with Crippen LogP contribution in [0.3, 0.4) is 0 Å². The molecule has 0 radical (unpaired) electrons. The third-order valence-electron chi connectivity index (χ3n) is 3.57. The molecule has 0 aromatic carbocycles. The van der Waals surface area contributed by atoms with Gasteiger partial charge in [-0.25, -0.2) is 0 Å². The number of nitrogens with one attached hydrogen (secondary N) is 1. The van der Waals surface area contributed by atoms with E-state index in [2.05, 4.69) is 16.7 Å². The van der Waals surface area contributed by atoms with Gasteiger partial charge in [-0.1, -0.05) is 18.0 Å². The second kappa shape index (κ2) is 5.63. The summed E-state index contributed by atoms with van der Waals surface area (Å²) >= 11 is 8.20. The van der Waals surface area contributed by atoms with Crippen molar-refractivity contribution in [3.63, 3.8) is 0 Å². The zero-order chi connectivity index (χ0) is 12.4. The fourth-order valence-electron chi connectivity index (χ4n) is 2.55. The molecule has 1 N–H and O–H groups in total. The van der Waals surface area contributed by atoms with Crippen LogP contribution in [0.1, 0.15) is 30.5 Å². The molecule has 1 aliphatic carbocycles. The smallest absolute Gasteiger partial charge is 0.131 e. The van der Waals surface area contributed by atoms with E-state index >= 15 is 0 Å². The van der Waals surface area contributed by atoms with E-state index in [0.29, 0.717) is 6.04 Å². The quantitative estimate of drug-likeness (QED) is 0.915. The second-order valence-electron chi connectivity index (χ2n) is 4.67. The maximum atomic E-state index is 6.23. The zero-order valence-corrected chi connectivity index (χ0v) is 12.2. The fourth-order valence-corrected chi connectivity index (χ4v) is 3.75. The topological polar surface area (TPSA) is 29.9 Å². The molecule has 1 heterocycles. The first-order valence-corrected chi connectivity index (χ1v) is 7.74. The lowest BCUT2D eigenvalue weighted by Gasteiger charge is -2.19. The number of aromatic nitrogens is 2. The maximum absolute atomic E-state index is 6.23. The van der Waals surface area contributed by atoms with Crippen LogP contribution in [0, 0.1) is 6.92 Å². The molecule has 5 heteroatoms. The van der Waals surface area contributed by atoms with Crippen molar-refractivity contribution in [2.45, 2.75) is 44.0 Å². The maximum Gasteiger partial charge on any atom is 0.131 e. The number of rotatable bonds is 4. The van der Waals surface area contributed by atoms with Gasteiger partial charge in [-0.2, -0.15) is 16.9 Å². The van der Waals surface area contributed by atoms with Crippen LogP contribution in [0.25, 0.3) is 0 Å². The Balaban J connectivity index is 1.97. The van der Waals surface area contributed by atoms with Gasteiger partial charge in [0.2, 0.25) is 0 Å². The number of thioether (sulfide) groups is 1. The predicted molar refractivity (Wildman–Crippen MR) is 74.7 cm³/mol. The lowest BCUT2D eigenvalue weighted by atomic mass is 10.2. The molecule has 0 saturated heterocycles. The molecule has 2 rings (SSSR count). The summed E-state index contributed by atoms with van der Waals surface area (Å²) in [6.45, 7) is 2.85. The Kier molecular flexibility index (Phi) is 4.39. The van der Waals surface area contributed by atoms with E-state index in [0.717, 1.165) is 28.2 Å². The number of aryl methyl sites for hydroxylation is 2. The lowest BCUT2D eigenvalue weighted by Crippen LogP contribution is -2.33. The van der Waals surface area contributed by atoms with E-state index in [4.69, 9.17) is 11.6 Å². The van der Waals surface area contributed by atoms with Gasteiger partial charge in [-0.3, -0.25) is 4.68 Å². The normalized spacial score (nSPS) is 24.5. The fraction of sp³-hybridized carbons (Fsp3) is 0.750. The Bertz CT molecular complexity index is 391. The molecule has 0 amide bonds. The van der Waals surface area contributed by atoms with Gasteiger partial charge < -0.3 is 5.32 Å². The van der Waals surface area contributed by atoms with Crippen molar-refractivity contribution in [3.05, 3.63) is 16.4 Å². The molecule has 1 aromatic heterocycles. The first-order valence-electron chi connectivity index (χ1n) is 6.07. The zero-order valence-electron chi connectivity index (χ0n) is 10.7. The van der Waals surface area contributed by atoms with E-state index < -0.39 is 0 Å². The van der Waals surface area contributed by atoms with Crippen LogP contribution in [0.15, 0.2) is 0 Å². The van der Waals surface area contributed by atoms with Gasteiger partial charge in [-0.05, 0) is 26.0 Å². The summed E-state index contributed by atoms with van der Waals surface area (Å²) in [5.41, 5.74) is 2.17. The van der Waals surface area contributed by atoms with Crippen molar-refractivity contribution < 1.29 is 0 Å². The molecule has 96 valence electrons. The SMILES string of the molecule is CSC1CCCC1NCc1c(C)nn(C)c1Cl. The van der Waals surface area contributed by atoms with E-state index in [1.54, 1.807) is 4.68 Å². The molecule has 1 fully saturated rings. The monoisotopic (exact) mass is 273 g/mol. The summed E-state index contributed by atoms with van der Waals surface area (Å²) < 4.78 is 1.74. The first-order chi connectivity index (χ1) is 8.13. The van der Waals surface area contributed by atoms with Gasteiger partial charge in [0.25, 0.3) is 0 Å². The molecule has 3 nitrogen and oxygen atoms in total. The molecule has 2 unspecified atom stereocenters. The molecule has 0 spiro atoms. The Morgan fingerprint density at radius 3 is 2.88 bits per heavy atom. The van der Waals surface area contributed by atoms with Crippen LogP contribution >= 0.6 is 23.4 Å². The molecular formula is C12H20ClN3S. The summed E-state index contributed by atoms with van der Waals surface area (Å²) in [6.07, 6.45) is 6.15. The van der Waals surface area contributed by atoms with Crippen molar-refractivity contribution in [2.24, 2.45) is 7.05 Å². The highest BCUT2D eigenvalue weighted by molar-refractivity contribution is 7.99. The minimum atomic E-state index is 0.626. The van der Waals surface area contributed by atoms with Gasteiger partial charge >= 0.3 is 0 Å². The van der Waals surface area contributed by atoms with E-state index in [-0.39, 0.29) is 0 Å². The van der Waals surface area contributed by atoms with Gasteiger partial charge in [0.05, 0.1) is 5.69 Å². The summed E-state index contributed by atoms with van der Waals surface area (Å²) in [7, 11) is 1.89. The van der Waals surface area contributed by atoms with Crippen molar-refractivity contribution in [3.8, 4) is 0 Å². The standard InChI is InChI=1S/C12H20ClN3S/c1-8-9(12(13)16(2)15-8)7-14-10-5-4-6-11(10)17-3/h10-11,14H,4-7H2,1-3H3. The highest BCUT2D eigenvalue weighted by Gasteiger charge is 2.26.